The Kier molecular flexibility index (Phi) is 4.57. The predicted octanol–water partition coefficient (Wildman–Crippen LogP) is 2.72. The van der Waals surface area contributed by atoms with Gasteiger partial charge in [-0.2, -0.15) is 0 Å². The number of hydrogen-bond acceptors (Lipinski definition) is 2. The van der Waals surface area contributed by atoms with Crippen LogP contribution in [0, 0.1) is 12.8 Å². The maximum Gasteiger partial charge on any atom is 0.0573 e. The largest absolute Gasteiger partial charge is 0.393 e. The van der Waals surface area contributed by atoms with Gasteiger partial charge < -0.3 is 9.84 Å². The molecular weight excluding hydrogens is 212 g/mol. The van der Waals surface area contributed by atoms with Gasteiger partial charge in [-0.25, -0.2) is 0 Å². The first-order valence-electron chi connectivity index (χ1n) is 6.57. The van der Waals surface area contributed by atoms with Gasteiger partial charge in [-0.1, -0.05) is 24.3 Å². The van der Waals surface area contributed by atoms with E-state index in [9.17, 15) is 5.11 Å². The Morgan fingerprint density at radius 3 is 2.71 bits per heavy atom. The average molecular weight is 234 g/mol. The maximum absolute atomic E-state index is 10.2. The van der Waals surface area contributed by atoms with Gasteiger partial charge in [0.1, 0.15) is 0 Å². The van der Waals surface area contributed by atoms with Crippen molar-refractivity contribution < 1.29 is 9.84 Å². The minimum Gasteiger partial charge on any atom is -0.393 e. The number of aliphatic hydroxyl groups is 1. The van der Waals surface area contributed by atoms with Crippen molar-refractivity contribution in [2.45, 2.75) is 38.7 Å². The molecule has 1 saturated heterocycles. The molecule has 2 nitrogen and oxygen atoms in total. The SMILES string of the molecule is Cc1ccccc1CCC(O)C1CCOCC1. The third-order valence-corrected chi connectivity index (χ3v) is 3.78. The summed E-state index contributed by atoms with van der Waals surface area (Å²) in [5.74, 6) is 0.438. The third kappa shape index (κ3) is 3.55. The van der Waals surface area contributed by atoms with Crippen molar-refractivity contribution in [3.05, 3.63) is 35.4 Å². The van der Waals surface area contributed by atoms with Gasteiger partial charge in [0.25, 0.3) is 0 Å². The van der Waals surface area contributed by atoms with Crippen LogP contribution < -0.4 is 0 Å². The van der Waals surface area contributed by atoms with Gasteiger partial charge in [-0.15, -0.1) is 0 Å². The van der Waals surface area contributed by atoms with Crippen molar-refractivity contribution in [2.75, 3.05) is 13.2 Å². The predicted molar refractivity (Wildman–Crippen MR) is 69.0 cm³/mol. The van der Waals surface area contributed by atoms with Gasteiger partial charge >= 0.3 is 0 Å². The van der Waals surface area contributed by atoms with Crippen LogP contribution in [0.3, 0.4) is 0 Å². The Labute approximate surface area is 104 Å². The Morgan fingerprint density at radius 1 is 1.29 bits per heavy atom. The first-order chi connectivity index (χ1) is 8.27. The third-order valence-electron chi connectivity index (χ3n) is 3.78. The molecule has 1 fully saturated rings. The molecule has 1 heterocycles. The highest BCUT2D eigenvalue weighted by molar-refractivity contribution is 5.25. The molecule has 1 aromatic rings. The van der Waals surface area contributed by atoms with E-state index in [-0.39, 0.29) is 6.10 Å². The average Bonchev–Trinajstić information content (AvgIpc) is 2.38. The number of aryl methyl sites for hydroxylation is 2. The zero-order chi connectivity index (χ0) is 12.1. The van der Waals surface area contributed by atoms with E-state index >= 15 is 0 Å². The molecule has 1 aliphatic rings. The minimum atomic E-state index is -0.168. The monoisotopic (exact) mass is 234 g/mol. The summed E-state index contributed by atoms with van der Waals surface area (Å²) in [7, 11) is 0. The van der Waals surface area contributed by atoms with Gasteiger partial charge in [-0.3, -0.25) is 0 Å². The molecular formula is C15H22O2. The van der Waals surface area contributed by atoms with E-state index in [2.05, 4.69) is 31.2 Å². The molecule has 1 aromatic carbocycles. The van der Waals surface area contributed by atoms with Crippen LogP contribution in [0.25, 0.3) is 0 Å². The van der Waals surface area contributed by atoms with Gasteiger partial charge in [0.05, 0.1) is 6.10 Å². The summed E-state index contributed by atoms with van der Waals surface area (Å²) in [4.78, 5) is 0. The van der Waals surface area contributed by atoms with E-state index in [4.69, 9.17) is 4.74 Å². The van der Waals surface area contributed by atoms with Crippen LogP contribution in [0.2, 0.25) is 0 Å². The second-order valence-electron chi connectivity index (χ2n) is 4.98. The second kappa shape index (κ2) is 6.18. The fourth-order valence-electron chi connectivity index (χ4n) is 2.53. The Hall–Kier alpha value is -0.860. The Morgan fingerprint density at radius 2 is 2.00 bits per heavy atom. The fourth-order valence-corrected chi connectivity index (χ4v) is 2.53. The van der Waals surface area contributed by atoms with Gasteiger partial charge in [0.2, 0.25) is 0 Å². The molecule has 1 unspecified atom stereocenters. The highest BCUT2D eigenvalue weighted by Crippen LogP contribution is 2.22. The van der Waals surface area contributed by atoms with Gasteiger partial charge in [0.15, 0.2) is 0 Å². The first-order valence-corrected chi connectivity index (χ1v) is 6.57. The van der Waals surface area contributed by atoms with Crippen molar-refractivity contribution in [1.82, 2.24) is 0 Å². The summed E-state index contributed by atoms with van der Waals surface area (Å²) in [6.07, 6.45) is 3.70. The zero-order valence-electron chi connectivity index (χ0n) is 10.6. The second-order valence-corrected chi connectivity index (χ2v) is 4.98. The van der Waals surface area contributed by atoms with Crippen LogP contribution in [0.1, 0.15) is 30.4 Å². The standard InChI is InChI=1S/C15H22O2/c1-12-4-2-3-5-13(12)6-7-15(16)14-8-10-17-11-9-14/h2-5,14-16H,6-11H2,1H3. The van der Waals surface area contributed by atoms with Crippen molar-refractivity contribution in [2.24, 2.45) is 5.92 Å². The smallest absolute Gasteiger partial charge is 0.0573 e. The molecule has 2 heteroatoms. The summed E-state index contributed by atoms with van der Waals surface area (Å²) in [5, 5.41) is 10.2. The highest BCUT2D eigenvalue weighted by atomic mass is 16.5. The number of ether oxygens (including phenoxy) is 1. The lowest BCUT2D eigenvalue weighted by molar-refractivity contribution is 0.00515. The molecule has 0 bridgehead atoms. The molecule has 17 heavy (non-hydrogen) atoms. The molecule has 94 valence electrons. The summed E-state index contributed by atoms with van der Waals surface area (Å²) >= 11 is 0. The Bertz CT molecular complexity index is 343. The molecule has 0 radical (unpaired) electrons. The molecule has 1 aliphatic heterocycles. The van der Waals surface area contributed by atoms with E-state index in [0.717, 1.165) is 38.9 Å². The van der Waals surface area contributed by atoms with E-state index in [1.54, 1.807) is 0 Å². The Balaban J connectivity index is 1.83. The highest BCUT2D eigenvalue weighted by Gasteiger charge is 2.21. The van der Waals surface area contributed by atoms with Crippen molar-refractivity contribution >= 4 is 0 Å². The topological polar surface area (TPSA) is 29.5 Å². The zero-order valence-corrected chi connectivity index (χ0v) is 10.6. The molecule has 2 rings (SSSR count). The number of hydrogen-bond donors (Lipinski definition) is 1. The van der Waals surface area contributed by atoms with E-state index in [1.807, 2.05) is 0 Å². The van der Waals surface area contributed by atoms with Crippen LogP contribution in [0.5, 0.6) is 0 Å². The van der Waals surface area contributed by atoms with Crippen molar-refractivity contribution in [1.29, 1.82) is 0 Å². The quantitative estimate of drug-likeness (QED) is 0.868. The van der Waals surface area contributed by atoms with Crippen LogP contribution in [-0.4, -0.2) is 24.4 Å². The lowest BCUT2D eigenvalue weighted by Crippen LogP contribution is -2.27. The summed E-state index contributed by atoms with van der Waals surface area (Å²) in [5.41, 5.74) is 2.69. The summed E-state index contributed by atoms with van der Waals surface area (Å²) in [6, 6.07) is 8.43. The van der Waals surface area contributed by atoms with Crippen molar-refractivity contribution in [3.8, 4) is 0 Å². The number of aliphatic hydroxyl groups excluding tert-OH is 1. The molecule has 0 spiro atoms. The van der Waals surface area contributed by atoms with Crippen molar-refractivity contribution in [3.63, 3.8) is 0 Å². The van der Waals surface area contributed by atoms with E-state index in [0.29, 0.717) is 5.92 Å². The maximum atomic E-state index is 10.2. The fraction of sp³-hybridized carbons (Fsp3) is 0.600. The van der Waals surface area contributed by atoms with E-state index in [1.165, 1.54) is 11.1 Å². The van der Waals surface area contributed by atoms with Crippen LogP contribution in [0.15, 0.2) is 24.3 Å². The molecule has 0 aliphatic carbocycles. The lowest BCUT2D eigenvalue weighted by atomic mass is 9.89. The number of benzene rings is 1. The first kappa shape index (κ1) is 12.6. The number of rotatable bonds is 4. The van der Waals surface area contributed by atoms with E-state index < -0.39 is 0 Å². The van der Waals surface area contributed by atoms with Gasteiger partial charge in [0, 0.05) is 13.2 Å². The summed E-state index contributed by atoms with van der Waals surface area (Å²) < 4.78 is 5.32. The van der Waals surface area contributed by atoms with Gasteiger partial charge in [-0.05, 0) is 49.7 Å². The molecule has 0 aromatic heterocycles. The van der Waals surface area contributed by atoms with Crippen LogP contribution in [0.4, 0.5) is 0 Å². The van der Waals surface area contributed by atoms with Crippen LogP contribution in [-0.2, 0) is 11.2 Å². The molecule has 0 amide bonds. The lowest BCUT2D eigenvalue weighted by Gasteiger charge is -2.26. The minimum absolute atomic E-state index is 0.168. The summed E-state index contributed by atoms with van der Waals surface area (Å²) in [6.45, 7) is 3.76. The molecule has 0 saturated carbocycles. The van der Waals surface area contributed by atoms with Crippen LogP contribution >= 0.6 is 0 Å². The molecule has 1 N–H and O–H groups in total. The molecule has 1 atom stereocenters. The normalized spacial score (nSPS) is 19.2.